The summed E-state index contributed by atoms with van der Waals surface area (Å²) < 4.78 is 5.29. The number of esters is 1. The van der Waals surface area contributed by atoms with Gasteiger partial charge in [-0.3, -0.25) is 9.69 Å². The molecule has 0 aromatic heterocycles. The molecule has 1 aliphatic carbocycles. The number of hydrogen-bond donors (Lipinski definition) is 2. The molecule has 0 bridgehead atoms. The maximum Gasteiger partial charge on any atom is 0.338 e. The van der Waals surface area contributed by atoms with Crippen molar-refractivity contribution in [2.45, 2.75) is 65.3 Å². The van der Waals surface area contributed by atoms with Gasteiger partial charge in [0.25, 0.3) is 0 Å². The van der Waals surface area contributed by atoms with E-state index < -0.39 is 12.0 Å². The number of carbonyl (C=O) groups excluding carboxylic acids is 3. The minimum atomic E-state index is -0.633. The molecule has 0 spiro atoms. The highest BCUT2D eigenvalue weighted by atomic mass is 16.5. The van der Waals surface area contributed by atoms with E-state index in [4.69, 9.17) is 4.74 Å². The predicted octanol–water partition coefficient (Wildman–Crippen LogP) is 4.52. The van der Waals surface area contributed by atoms with Crippen LogP contribution in [0.1, 0.15) is 70.9 Å². The summed E-state index contributed by atoms with van der Waals surface area (Å²) >= 11 is 0. The third kappa shape index (κ3) is 5.27. The van der Waals surface area contributed by atoms with Crippen molar-refractivity contribution in [3.8, 4) is 0 Å². The molecule has 0 unspecified atom stereocenters. The lowest BCUT2D eigenvalue weighted by atomic mass is 9.88. The van der Waals surface area contributed by atoms with Crippen LogP contribution in [-0.4, -0.2) is 36.0 Å². The molecule has 1 aromatic carbocycles. The summed E-state index contributed by atoms with van der Waals surface area (Å²) in [7, 11) is 0. The zero-order valence-corrected chi connectivity index (χ0v) is 18.7. The molecule has 2 N–H and O–H groups in total. The van der Waals surface area contributed by atoms with Gasteiger partial charge in [-0.05, 0) is 50.8 Å². The van der Waals surface area contributed by atoms with Crippen molar-refractivity contribution < 1.29 is 19.1 Å². The second kappa shape index (κ2) is 10.5. The van der Waals surface area contributed by atoms with Crippen molar-refractivity contribution >= 4 is 23.6 Å². The largest absolute Gasteiger partial charge is 0.463 e. The van der Waals surface area contributed by atoms with Gasteiger partial charge in [-0.25, -0.2) is 9.59 Å². The summed E-state index contributed by atoms with van der Waals surface area (Å²) in [4.78, 5) is 39.8. The van der Waals surface area contributed by atoms with Gasteiger partial charge < -0.3 is 15.4 Å². The second-order valence-corrected chi connectivity index (χ2v) is 8.20. The molecular formula is C24H33N3O4. The summed E-state index contributed by atoms with van der Waals surface area (Å²) in [6.07, 6.45) is 5.99. The van der Waals surface area contributed by atoms with Crippen LogP contribution >= 0.6 is 0 Å². The van der Waals surface area contributed by atoms with E-state index in [0.717, 1.165) is 37.7 Å². The monoisotopic (exact) mass is 427 g/mol. The maximum atomic E-state index is 12.8. The smallest absolute Gasteiger partial charge is 0.338 e. The third-order valence-corrected chi connectivity index (χ3v) is 6.00. The highest BCUT2D eigenvalue weighted by molar-refractivity contribution is 5.95. The molecule has 7 heteroatoms. The minimum Gasteiger partial charge on any atom is -0.463 e. The number of rotatable bonds is 7. The molecule has 1 fully saturated rings. The van der Waals surface area contributed by atoms with Crippen LogP contribution in [-0.2, 0) is 14.3 Å². The van der Waals surface area contributed by atoms with E-state index in [1.165, 1.54) is 6.42 Å². The first-order valence-electron chi connectivity index (χ1n) is 11.3. The summed E-state index contributed by atoms with van der Waals surface area (Å²) in [6, 6.07) is 6.46. The molecule has 0 radical (unpaired) electrons. The number of hydrogen-bond acceptors (Lipinski definition) is 4. The lowest BCUT2D eigenvalue weighted by Crippen LogP contribution is -2.48. The Morgan fingerprint density at radius 3 is 2.61 bits per heavy atom. The molecule has 3 rings (SSSR count). The third-order valence-electron chi connectivity index (χ3n) is 6.00. The average Bonchev–Trinajstić information content (AvgIpc) is 2.77. The van der Waals surface area contributed by atoms with Gasteiger partial charge in [0.2, 0.25) is 5.91 Å². The highest BCUT2D eigenvalue weighted by Gasteiger charge is 2.36. The molecule has 7 nitrogen and oxygen atoms in total. The van der Waals surface area contributed by atoms with Gasteiger partial charge in [-0.1, -0.05) is 38.3 Å². The van der Waals surface area contributed by atoms with Gasteiger partial charge in [-0.15, -0.1) is 0 Å². The molecule has 1 aliphatic heterocycles. The van der Waals surface area contributed by atoms with E-state index in [-0.39, 0.29) is 24.5 Å². The Balaban J connectivity index is 1.88. The van der Waals surface area contributed by atoms with Crippen LogP contribution in [0.15, 0.2) is 35.5 Å². The van der Waals surface area contributed by atoms with Crippen LogP contribution in [0.2, 0.25) is 0 Å². The molecule has 31 heavy (non-hydrogen) atoms. The first-order chi connectivity index (χ1) is 15.0. The maximum absolute atomic E-state index is 12.8. The molecule has 1 heterocycles. The van der Waals surface area contributed by atoms with Crippen molar-refractivity contribution in [3.63, 3.8) is 0 Å². The Labute approximate surface area is 184 Å². The molecule has 0 saturated heterocycles. The van der Waals surface area contributed by atoms with Gasteiger partial charge in [-0.2, -0.15) is 0 Å². The lowest BCUT2D eigenvalue weighted by Gasteiger charge is -2.35. The van der Waals surface area contributed by atoms with E-state index >= 15 is 0 Å². The number of carbonyl (C=O) groups is 3. The van der Waals surface area contributed by atoms with Gasteiger partial charge in [0, 0.05) is 23.8 Å². The standard InChI is InChI=1S/C24H33N3O4/c1-4-14-27-16(3)20(23(29)31-5-2)21(26-24(27)30)18-12-9-13-19(15-18)25-22(28)17-10-7-6-8-11-17/h9,12-13,15,17,21H,4-8,10-11,14H2,1-3H3,(H,25,28)(H,26,30)/t21-/m1/s1. The fraction of sp³-hybridized carbons (Fsp3) is 0.542. The Morgan fingerprint density at radius 2 is 1.94 bits per heavy atom. The highest BCUT2D eigenvalue weighted by Crippen LogP contribution is 2.33. The van der Waals surface area contributed by atoms with Crippen molar-refractivity contribution in [3.05, 3.63) is 41.1 Å². The van der Waals surface area contributed by atoms with E-state index in [9.17, 15) is 14.4 Å². The van der Waals surface area contributed by atoms with Crippen LogP contribution in [0.5, 0.6) is 0 Å². The number of ether oxygens (including phenoxy) is 1. The number of nitrogens with zero attached hydrogens (tertiary/aromatic N) is 1. The van der Waals surface area contributed by atoms with Crippen LogP contribution in [0.4, 0.5) is 10.5 Å². The molecular weight excluding hydrogens is 394 g/mol. The second-order valence-electron chi connectivity index (χ2n) is 8.20. The van der Waals surface area contributed by atoms with E-state index in [1.807, 2.05) is 31.2 Å². The quantitative estimate of drug-likeness (QED) is 0.627. The molecule has 168 valence electrons. The van der Waals surface area contributed by atoms with E-state index in [2.05, 4.69) is 10.6 Å². The number of urea groups is 1. The average molecular weight is 428 g/mol. The van der Waals surface area contributed by atoms with E-state index in [0.29, 0.717) is 23.5 Å². The number of benzene rings is 1. The molecule has 1 aromatic rings. The molecule has 1 atom stereocenters. The van der Waals surface area contributed by atoms with Gasteiger partial charge in [0.15, 0.2) is 0 Å². The van der Waals surface area contributed by atoms with Crippen molar-refractivity contribution in [2.24, 2.45) is 5.92 Å². The van der Waals surface area contributed by atoms with Gasteiger partial charge in [0.05, 0.1) is 18.2 Å². The fourth-order valence-electron chi connectivity index (χ4n) is 4.40. The first-order valence-corrected chi connectivity index (χ1v) is 11.3. The predicted molar refractivity (Wildman–Crippen MR) is 119 cm³/mol. The Morgan fingerprint density at radius 1 is 1.19 bits per heavy atom. The summed E-state index contributed by atoms with van der Waals surface area (Å²) in [6.45, 7) is 6.29. The number of anilines is 1. The zero-order chi connectivity index (χ0) is 22.4. The normalized spacial score (nSPS) is 19.8. The van der Waals surface area contributed by atoms with Gasteiger partial charge in [0.1, 0.15) is 0 Å². The SMILES string of the molecule is CCCN1C(=O)N[C@H](c2cccc(NC(=O)C3CCCCC3)c2)C(C(=O)OCC)=C1C. The summed E-state index contributed by atoms with van der Waals surface area (Å²) in [5, 5.41) is 5.96. The van der Waals surface area contributed by atoms with Gasteiger partial charge >= 0.3 is 12.0 Å². The summed E-state index contributed by atoms with van der Waals surface area (Å²) in [5.41, 5.74) is 2.42. The van der Waals surface area contributed by atoms with Crippen molar-refractivity contribution in [1.82, 2.24) is 10.2 Å². The lowest BCUT2D eigenvalue weighted by molar-refractivity contribution is -0.139. The Kier molecular flexibility index (Phi) is 7.71. The number of allylic oxidation sites excluding steroid dienone is 1. The topological polar surface area (TPSA) is 87.7 Å². The fourth-order valence-corrected chi connectivity index (χ4v) is 4.40. The Hall–Kier alpha value is -2.83. The first kappa shape index (κ1) is 22.8. The van der Waals surface area contributed by atoms with E-state index in [1.54, 1.807) is 18.7 Å². The van der Waals surface area contributed by atoms with Crippen molar-refractivity contribution in [1.29, 1.82) is 0 Å². The van der Waals surface area contributed by atoms with Crippen molar-refractivity contribution in [2.75, 3.05) is 18.5 Å². The molecule has 3 amide bonds. The molecule has 1 saturated carbocycles. The minimum absolute atomic E-state index is 0.0380. The summed E-state index contributed by atoms with van der Waals surface area (Å²) in [5.74, 6) is -0.356. The zero-order valence-electron chi connectivity index (χ0n) is 18.7. The Bertz CT molecular complexity index is 858. The van der Waals surface area contributed by atoms with Crippen LogP contribution in [0, 0.1) is 5.92 Å². The van der Waals surface area contributed by atoms with Crippen LogP contribution in [0.25, 0.3) is 0 Å². The van der Waals surface area contributed by atoms with Crippen LogP contribution in [0.3, 0.4) is 0 Å². The number of nitrogens with one attached hydrogen (secondary N) is 2. The molecule has 2 aliphatic rings. The van der Waals surface area contributed by atoms with Crippen LogP contribution < -0.4 is 10.6 Å². The number of amides is 3.